The Morgan fingerprint density at radius 2 is 2.04 bits per heavy atom. The molecule has 1 aromatic heterocycles. The molecule has 0 aliphatic heterocycles. The van der Waals surface area contributed by atoms with Crippen molar-refractivity contribution >= 4 is 23.4 Å². The Bertz CT molecular complexity index is 681. The summed E-state index contributed by atoms with van der Waals surface area (Å²) in [6, 6.07) is 9.57. The summed E-state index contributed by atoms with van der Waals surface area (Å²) in [4.78, 5) is 25.9. The Morgan fingerprint density at radius 1 is 1.30 bits per heavy atom. The number of carbonyl (C=O) groups is 1. The average molecular weight is 334 g/mol. The van der Waals surface area contributed by atoms with Crippen LogP contribution in [0.3, 0.4) is 0 Å². The van der Waals surface area contributed by atoms with E-state index in [9.17, 15) is 9.59 Å². The molecule has 1 aromatic carbocycles. The first-order valence-electron chi connectivity index (χ1n) is 7.80. The number of nitrogens with one attached hydrogen (secondary N) is 1. The van der Waals surface area contributed by atoms with Crippen LogP contribution in [0.2, 0.25) is 0 Å². The number of unbranched alkanes of at least 4 members (excludes halogenated alkanes) is 1. The molecule has 124 valence electrons. The van der Waals surface area contributed by atoms with Crippen molar-refractivity contribution in [2.45, 2.75) is 38.4 Å². The number of para-hydroxylation sites is 1. The molecule has 1 heterocycles. The Morgan fingerprint density at radius 3 is 2.70 bits per heavy atom. The van der Waals surface area contributed by atoms with Crippen molar-refractivity contribution in [1.82, 2.24) is 14.8 Å². The predicted octanol–water partition coefficient (Wildman–Crippen LogP) is 2.52. The Balaban J connectivity index is 2.02. The highest BCUT2D eigenvalue weighted by molar-refractivity contribution is 7.99. The average Bonchev–Trinajstić information content (AvgIpc) is 2.92. The van der Waals surface area contributed by atoms with Crippen molar-refractivity contribution < 1.29 is 4.79 Å². The number of nitrogens with zero attached hydrogens (tertiary/aromatic N) is 3. The molecule has 0 aliphatic rings. The van der Waals surface area contributed by atoms with Gasteiger partial charge in [0.1, 0.15) is 0 Å². The third-order valence-electron chi connectivity index (χ3n) is 3.47. The van der Waals surface area contributed by atoms with E-state index >= 15 is 0 Å². The van der Waals surface area contributed by atoms with E-state index in [1.807, 2.05) is 37.3 Å². The number of amides is 1. The fourth-order valence-corrected chi connectivity index (χ4v) is 3.09. The zero-order chi connectivity index (χ0) is 16.7. The van der Waals surface area contributed by atoms with Crippen LogP contribution in [-0.2, 0) is 11.3 Å². The molecule has 0 saturated carbocycles. The van der Waals surface area contributed by atoms with Gasteiger partial charge in [-0.2, -0.15) is 0 Å². The van der Waals surface area contributed by atoms with Gasteiger partial charge in [-0.25, -0.2) is 9.89 Å². The number of anilines is 1. The maximum Gasteiger partial charge on any atom is 0.343 e. The number of H-pyrrole nitrogens is 1. The zero-order valence-corrected chi connectivity index (χ0v) is 14.3. The molecule has 0 unspecified atom stereocenters. The maximum atomic E-state index is 12.5. The lowest BCUT2D eigenvalue weighted by atomic mass is 10.3. The van der Waals surface area contributed by atoms with Crippen LogP contribution < -0.4 is 10.6 Å². The molecule has 0 radical (unpaired) electrons. The molecule has 23 heavy (non-hydrogen) atoms. The number of aromatic nitrogens is 3. The van der Waals surface area contributed by atoms with Gasteiger partial charge in [0.25, 0.3) is 0 Å². The molecule has 0 fully saturated rings. The molecule has 2 rings (SSSR count). The minimum absolute atomic E-state index is 0.00110. The van der Waals surface area contributed by atoms with Gasteiger partial charge in [-0.1, -0.05) is 43.3 Å². The first-order valence-corrected chi connectivity index (χ1v) is 8.79. The van der Waals surface area contributed by atoms with E-state index in [-0.39, 0.29) is 17.3 Å². The van der Waals surface area contributed by atoms with E-state index in [0.29, 0.717) is 18.2 Å². The van der Waals surface area contributed by atoms with Crippen LogP contribution in [-0.4, -0.2) is 33.0 Å². The third kappa shape index (κ3) is 4.48. The minimum atomic E-state index is -0.219. The van der Waals surface area contributed by atoms with Crippen LogP contribution in [0.4, 0.5) is 5.69 Å². The first-order chi connectivity index (χ1) is 11.2. The van der Waals surface area contributed by atoms with Gasteiger partial charge in [0.15, 0.2) is 5.16 Å². The van der Waals surface area contributed by atoms with Crippen molar-refractivity contribution in [1.29, 1.82) is 0 Å². The highest BCUT2D eigenvalue weighted by atomic mass is 32.2. The molecule has 0 spiro atoms. The molecule has 6 nitrogen and oxygen atoms in total. The summed E-state index contributed by atoms with van der Waals surface area (Å²) < 4.78 is 1.60. The van der Waals surface area contributed by atoms with Gasteiger partial charge in [-0.05, 0) is 25.5 Å². The molecule has 0 aliphatic carbocycles. The fourth-order valence-electron chi connectivity index (χ4n) is 2.24. The molecular weight excluding hydrogens is 312 g/mol. The van der Waals surface area contributed by atoms with Gasteiger partial charge in [0, 0.05) is 18.8 Å². The smallest absolute Gasteiger partial charge is 0.312 e. The fraction of sp³-hybridized carbons (Fsp3) is 0.438. The number of benzene rings is 1. The first kappa shape index (κ1) is 17.3. The second-order valence-electron chi connectivity index (χ2n) is 5.08. The van der Waals surface area contributed by atoms with Crippen LogP contribution in [0.1, 0.15) is 26.7 Å². The number of carbonyl (C=O) groups excluding carboxylic acids is 1. The molecule has 1 amide bonds. The van der Waals surface area contributed by atoms with E-state index in [1.54, 1.807) is 9.47 Å². The second-order valence-corrected chi connectivity index (χ2v) is 6.02. The number of rotatable bonds is 8. The van der Waals surface area contributed by atoms with Crippen molar-refractivity contribution in [3.63, 3.8) is 0 Å². The SMILES string of the molecule is CCCCn1c(SCC(=O)N(CC)c2ccccc2)n[nH]c1=O. The van der Waals surface area contributed by atoms with E-state index in [4.69, 9.17) is 0 Å². The summed E-state index contributed by atoms with van der Waals surface area (Å²) in [6.45, 7) is 5.24. The van der Waals surface area contributed by atoms with Crippen LogP contribution >= 0.6 is 11.8 Å². The van der Waals surface area contributed by atoms with Gasteiger partial charge in [0.2, 0.25) is 5.91 Å². The van der Waals surface area contributed by atoms with Crippen LogP contribution in [0.25, 0.3) is 0 Å². The standard InChI is InChI=1S/C16H22N4O2S/c1-3-5-11-20-15(22)17-18-16(20)23-12-14(21)19(4-2)13-9-7-6-8-10-13/h6-10H,3-5,11-12H2,1-2H3,(H,17,22). The Labute approximate surface area is 139 Å². The van der Waals surface area contributed by atoms with E-state index in [0.717, 1.165) is 18.5 Å². The van der Waals surface area contributed by atoms with Crippen molar-refractivity contribution in [2.75, 3.05) is 17.2 Å². The minimum Gasteiger partial charge on any atom is -0.312 e. The lowest BCUT2D eigenvalue weighted by Crippen LogP contribution is -2.32. The van der Waals surface area contributed by atoms with Gasteiger partial charge in [0.05, 0.1) is 5.75 Å². The highest BCUT2D eigenvalue weighted by Gasteiger charge is 2.16. The zero-order valence-electron chi connectivity index (χ0n) is 13.5. The number of hydrogen-bond donors (Lipinski definition) is 1. The molecule has 7 heteroatoms. The van der Waals surface area contributed by atoms with Gasteiger partial charge < -0.3 is 4.90 Å². The van der Waals surface area contributed by atoms with Crippen LogP contribution in [0.15, 0.2) is 40.3 Å². The summed E-state index contributed by atoms with van der Waals surface area (Å²) in [6.07, 6.45) is 1.91. The Hall–Kier alpha value is -2.02. The van der Waals surface area contributed by atoms with Crippen molar-refractivity contribution in [2.24, 2.45) is 0 Å². The number of hydrogen-bond acceptors (Lipinski definition) is 4. The van der Waals surface area contributed by atoms with E-state index < -0.39 is 0 Å². The largest absolute Gasteiger partial charge is 0.343 e. The lowest BCUT2D eigenvalue weighted by Gasteiger charge is -2.20. The summed E-state index contributed by atoms with van der Waals surface area (Å²) in [7, 11) is 0. The number of thioether (sulfide) groups is 1. The number of aromatic amines is 1. The molecular formula is C16H22N4O2S. The molecule has 2 aromatic rings. The predicted molar refractivity (Wildman–Crippen MR) is 92.9 cm³/mol. The van der Waals surface area contributed by atoms with Crippen molar-refractivity contribution in [3.8, 4) is 0 Å². The van der Waals surface area contributed by atoms with Crippen LogP contribution in [0, 0.1) is 0 Å². The lowest BCUT2D eigenvalue weighted by molar-refractivity contribution is -0.116. The summed E-state index contributed by atoms with van der Waals surface area (Å²) >= 11 is 1.29. The quantitative estimate of drug-likeness (QED) is 0.753. The maximum absolute atomic E-state index is 12.5. The monoisotopic (exact) mass is 334 g/mol. The molecule has 0 saturated heterocycles. The summed E-state index contributed by atoms with van der Waals surface area (Å²) in [5.41, 5.74) is 0.662. The van der Waals surface area contributed by atoms with E-state index in [2.05, 4.69) is 17.1 Å². The van der Waals surface area contributed by atoms with Gasteiger partial charge >= 0.3 is 5.69 Å². The molecule has 0 bridgehead atoms. The molecule has 0 atom stereocenters. The molecule has 1 N–H and O–H groups in total. The summed E-state index contributed by atoms with van der Waals surface area (Å²) in [5, 5.41) is 7.04. The normalized spacial score (nSPS) is 10.7. The van der Waals surface area contributed by atoms with Gasteiger partial charge in [-0.3, -0.25) is 9.36 Å². The highest BCUT2D eigenvalue weighted by Crippen LogP contribution is 2.18. The topological polar surface area (TPSA) is 71.0 Å². The van der Waals surface area contributed by atoms with Crippen LogP contribution in [0.5, 0.6) is 0 Å². The Kier molecular flexibility index (Phi) is 6.46. The van der Waals surface area contributed by atoms with Gasteiger partial charge in [-0.15, -0.1) is 5.10 Å². The van der Waals surface area contributed by atoms with Crippen molar-refractivity contribution in [3.05, 3.63) is 40.8 Å². The second kappa shape index (κ2) is 8.57. The third-order valence-corrected chi connectivity index (χ3v) is 4.43. The van der Waals surface area contributed by atoms with E-state index in [1.165, 1.54) is 11.8 Å². The summed E-state index contributed by atoms with van der Waals surface area (Å²) in [5.74, 6) is 0.250.